The van der Waals surface area contributed by atoms with E-state index in [9.17, 15) is 9.90 Å². The molecule has 0 unspecified atom stereocenters. The number of halogens is 1. The van der Waals surface area contributed by atoms with Crippen molar-refractivity contribution in [3.05, 3.63) is 23.2 Å². The molecule has 1 aromatic carbocycles. The molecule has 1 fully saturated rings. The molecule has 0 saturated carbocycles. The maximum absolute atomic E-state index is 12.0. The Bertz CT molecular complexity index is 520. The monoisotopic (exact) mass is 312 g/mol. The van der Waals surface area contributed by atoms with Crippen LogP contribution in [0.2, 0.25) is 5.02 Å². The quantitative estimate of drug-likeness (QED) is 0.865. The second kappa shape index (κ2) is 6.02. The van der Waals surface area contributed by atoms with E-state index in [1.807, 2.05) is 20.8 Å². The molecule has 1 heterocycles. The van der Waals surface area contributed by atoms with E-state index >= 15 is 0 Å². The summed E-state index contributed by atoms with van der Waals surface area (Å²) in [6.45, 7) is 8.12. The molecule has 1 aliphatic rings. The van der Waals surface area contributed by atoms with Crippen molar-refractivity contribution in [2.45, 2.75) is 26.4 Å². The zero-order valence-electron chi connectivity index (χ0n) is 12.6. The number of rotatable bonds is 1. The SMILES string of the molecule is CC(C)(C)OC(=O)N1CCN(c2ccc(O)cc2Cl)CC1. The van der Waals surface area contributed by atoms with Crippen molar-refractivity contribution in [3.8, 4) is 5.75 Å². The molecule has 1 amide bonds. The number of benzene rings is 1. The van der Waals surface area contributed by atoms with Gasteiger partial charge in [0, 0.05) is 32.2 Å². The first-order chi connectivity index (χ1) is 9.76. The first kappa shape index (κ1) is 15.8. The summed E-state index contributed by atoms with van der Waals surface area (Å²) < 4.78 is 5.37. The third-order valence-corrected chi connectivity index (χ3v) is 3.51. The summed E-state index contributed by atoms with van der Waals surface area (Å²) in [5, 5.41) is 9.90. The molecule has 21 heavy (non-hydrogen) atoms. The van der Waals surface area contributed by atoms with E-state index in [0.717, 1.165) is 5.69 Å². The lowest BCUT2D eigenvalue weighted by atomic mass is 10.2. The largest absolute Gasteiger partial charge is 0.508 e. The molecule has 0 radical (unpaired) electrons. The van der Waals surface area contributed by atoms with Crippen molar-refractivity contribution in [3.63, 3.8) is 0 Å². The Kier molecular flexibility index (Phi) is 4.52. The van der Waals surface area contributed by atoms with Crippen molar-refractivity contribution in [2.75, 3.05) is 31.1 Å². The van der Waals surface area contributed by atoms with Crippen molar-refractivity contribution >= 4 is 23.4 Å². The maximum atomic E-state index is 12.0. The van der Waals surface area contributed by atoms with Gasteiger partial charge >= 0.3 is 6.09 Å². The number of carbonyl (C=O) groups excluding carboxylic acids is 1. The van der Waals surface area contributed by atoms with Gasteiger partial charge in [0.25, 0.3) is 0 Å². The first-order valence-corrected chi connectivity index (χ1v) is 7.35. The van der Waals surface area contributed by atoms with Crippen molar-refractivity contribution in [1.82, 2.24) is 4.90 Å². The van der Waals surface area contributed by atoms with E-state index in [2.05, 4.69) is 4.90 Å². The molecule has 1 aromatic rings. The molecule has 0 atom stereocenters. The van der Waals surface area contributed by atoms with Crippen molar-refractivity contribution in [2.24, 2.45) is 0 Å². The normalized spacial score (nSPS) is 16.0. The van der Waals surface area contributed by atoms with Gasteiger partial charge in [0.1, 0.15) is 11.4 Å². The van der Waals surface area contributed by atoms with Crippen LogP contribution in [-0.2, 0) is 4.74 Å². The highest BCUT2D eigenvalue weighted by molar-refractivity contribution is 6.33. The van der Waals surface area contributed by atoms with E-state index in [4.69, 9.17) is 16.3 Å². The molecule has 0 aromatic heterocycles. The third-order valence-electron chi connectivity index (χ3n) is 3.20. The third kappa shape index (κ3) is 4.17. The van der Waals surface area contributed by atoms with E-state index in [-0.39, 0.29) is 11.8 Å². The van der Waals surface area contributed by atoms with Crippen LogP contribution in [-0.4, -0.2) is 47.9 Å². The topological polar surface area (TPSA) is 53.0 Å². The molecular weight excluding hydrogens is 292 g/mol. The smallest absolute Gasteiger partial charge is 0.410 e. The van der Waals surface area contributed by atoms with Crippen LogP contribution in [0.15, 0.2) is 18.2 Å². The van der Waals surface area contributed by atoms with Crippen LogP contribution in [0.1, 0.15) is 20.8 Å². The predicted octanol–water partition coefficient (Wildman–Crippen LogP) is 3.10. The lowest BCUT2D eigenvalue weighted by Crippen LogP contribution is -2.50. The average molecular weight is 313 g/mol. The molecule has 0 spiro atoms. The number of amides is 1. The van der Waals surface area contributed by atoms with Gasteiger partial charge in [-0.25, -0.2) is 4.79 Å². The highest BCUT2D eigenvalue weighted by atomic mass is 35.5. The zero-order valence-corrected chi connectivity index (χ0v) is 13.4. The molecule has 1 saturated heterocycles. The maximum Gasteiger partial charge on any atom is 0.410 e. The Morgan fingerprint density at radius 2 is 1.86 bits per heavy atom. The number of anilines is 1. The molecule has 0 aliphatic carbocycles. The Morgan fingerprint density at radius 1 is 1.24 bits per heavy atom. The fourth-order valence-electron chi connectivity index (χ4n) is 2.21. The summed E-state index contributed by atoms with van der Waals surface area (Å²) >= 11 is 6.14. The van der Waals surface area contributed by atoms with Gasteiger partial charge in [-0.15, -0.1) is 0 Å². The van der Waals surface area contributed by atoms with Crippen LogP contribution in [0.4, 0.5) is 10.5 Å². The van der Waals surface area contributed by atoms with Crippen LogP contribution in [0.25, 0.3) is 0 Å². The molecule has 2 rings (SSSR count). The highest BCUT2D eigenvalue weighted by Gasteiger charge is 2.26. The van der Waals surface area contributed by atoms with Gasteiger partial charge in [-0.1, -0.05) is 11.6 Å². The molecule has 5 nitrogen and oxygen atoms in total. The van der Waals surface area contributed by atoms with Gasteiger partial charge in [0.2, 0.25) is 0 Å². The first-order valence-electron chi connectivity index (χ1n) is 6.98. The molecular formula is C15H21ClN2O3. The summed E-state index contributed by atoms with van der Waals surface area (Å²) in [5.41, 5.74) is 0.396. The molecule has 1 aliphatic heterocycles. The van der Waals surface area contributed by atoms with Crippen molar-refractivity contribution < 1.29 is 14.6 Å². The number of nitrogens with zero attached hydrogens (tertiary/aromatic N) is 2. The van der Waals surface area contributed by atoms with Gasteiger partial charge in [-0.2, -0.15) is 0 Å². The van der Waals surface area contributed by atoms with Gasteiger partial charge < -0.3 is 19.6 Å². The minimum absolute atomic E-state index is 0.149. The van der Waals surface area contributed by atoms with Crippen LogP contribution in [0.3, 0.4) is 0 Å². The van der Waals surface area contributed by atoms with Gasteiger partial charge in [0.15, 0.2) is 0 Å². The minimum atomic E-state index is -0.478. The van der Waals surface area contributed by atoms with E-state index in [1.54, 1.807) is 17.0 Å². The number of phenols is 1. The Balaban J connectivity index is 1.95. The van der Waals surface area contributed by atoms with Crippen LogP contribution >= 0.6 is 11.6 Å². The molecule has 1 N–H and O–H groups in total. The lowest BCUT2D eigenvalue weighted by Gasteiger charge is -2.37. The van der Waals surface area contributed by atoms with Crippen LogP contribution < -0.4 is 4.90 Å². The fraction of sp³-hybridized carbons (Fsp3) is 0.533. The van der Waals surface area contributed by atoms with Crippen LogP contribution in [0.5, 0.6) is 5.75 Å². The van der Waals surface area contributed by atoms with E-state index in [1.165, 1.54) is 6.07 Å². The minimum Gasteiger partial charge on any atom is -0.508 e. The second-order valence-corrected chi connectivity index (χ2v) is 6.50. The number of hydrogen-bond donors (Lipinski definition) is 1. The number of aromatic hydroxyl groups is 1. The Morgan fingerprint density at radius 3 is 2.38 bits per heavy atom. The summed E-state index contributed by atoms with van der Waals surface area (Å²) in [7, 11) is 0. The standard InChI is InChI=1S/C15H21ClN2O3/c1-15(2,3)21-14(20)18-8-6-17(7-9-18)13-5-4-11(19)10-12(13)16/h4-5,10,19H,6-9H2,1-3H3. The van der Waals surface area contributed by atoms with E-state index < -0.39 is 5.60 Å². The zero-order chi connectivity index (χ0) is 15.6. The summed E-state index contributed by atoms with van der Waals surface area (Å²) in [6.07, 6.45) is -0.279. The van der Waals surface area contributed by atoms with Crippen LogP contribution in [0, 0.1) is 0 Å². The number of piperazine rings is 1. The second-order valence-electron chi connectivity index (χ2n) is 6.09. The molecule has 0 bridgehead atoms. The number of ether oxygens (including phenoxy) is 1. The number of carbonyl (C=O) groups is 1. The molecule has 116 valence electrons. The van der Waals surface area contributed by atoms with Crippen molar-refractivity contribution in [1.29, 1.82) is 0 Å². The average Bonchev–Trinajstić information content (AvgIpc) is 2.37. The summed E-state index contributed by atoms with van der Waals surface area (Å²) in [4.78, 5) is 15.8. The predicted molar refractivity (Wildman–Crippen MR) is 83.1 cm³/mol. The summed E-state index contributed by atoms with van der Waals surface area (Å²) in [5.74, 6) is 0.149. The fourth-order valence-corrected chi connectivity index (χ4v) is 2.50. The Labute approximate surface area is 130 Å². The van der Waals surface area contributed by atoms with Gasteiger partial charge in [0.05, 0.1) is 10.7 Å². The Hall–Kier alpha value is -1.62. The van der Waals surface area contributed by atoms with E-state index in [0.29, 0.717) is 31.2 Å². The summed E-state index contributed by atoms with van der Waals surface area (Å²) in [6, 6.07) is 4.93. The van der Waals surface area contributed by atoms with Gasteiger partial charge in [-0.05, 0) is 32.9 Å². The van der Waals surface area contributed by atoms with Gasteiger partial charge in [-0.3, -0.25) is 0 Å². The molecule has 6 heteroatoms. The lowest BCUT2D eigenvalue weighted by molar-refractivity contribution is 0.0240. The number of phenolic OH excluding ortho intramolecular Hbond substituents is 1. The highest BCUT2D eigenvalue weighted by Crippen LogP contribution is 2.30. The number of hydrogen-bond acceptors (Lipinski definition) is 4.